The number of halogens is 3. The van der Waals surface area contributed by atoms with Crippen molar-refractivity contribution in [1.82, 2.24) is 10.0 Å². The third kappa shape index (κ3) is 3.82. The predicted molar refractivity (Wildman–Crippen MR) is 115 cm³/mol. The van der Waals surface area contributed by atoms with Gasteiger partial charge in [0.15, 0.2) is 0 Å². The molecule has 1 heterocycles. The SMILES string of the molecule is O=C(c1ccccc1Cl)N(Cc1ccc(Cl)c(Cl)c1)N1C(=O)[C@H]2CCCC[C@H]2C1=O. The molecule has 2 fully saturated rings. The zero-order valence-electron chi connectivity index (χ0n) is 16.0. The Hall–Kier alpha value is -2.08. The average Bonchev–Trinajstić information content (AvgIpc) is 2.99. The molecule has 2 aromatic carbocycles. The van der Waals surface area contributed by atoms with Gasteiger partial charge in [0, 0.05) is 0 Å². The van der Waals surface area contributed by atoms with Gasteiger partial charge >= 0.3 is 0 Å². The van der Waals surface area contributed by atoms with E-state index in [9.17, 15) is 14.4 Å². The summed E-state index contributed by atoms with van der Waals surface area (Å²) >= 11 is 18.4. The molecule has 0 N–H and O–H groups in total. The maximum atomic E-state index is 13.4. The Kier molecular flexibility index (Phi) is 6.05. The highest BCUT2D eigenvalue weighted by Crippen LogP contribution is 2.39. The summed E-state index contributed by atoms with van der Waals surface area (Å²) in [5, 5.41) is 3.16. The molecule has 4 rings (SSSR count). The maximum Gasteiger partial charge on any atom is 0.274 e. The second kappa shape index (κ2) is 8.58. The van der Waals surface area contributed by atoms with Crippen molar-refractivity contribution >= 4 is 52.5 Å². The highest BCUT2D eigenvalue weighted by atomic mass is 35.5. The van der Waals surface area contributed by atoms with Gasteiger partial charge in [-0.2, -0.15) is 5.01 Å². The smallest absolute Gasteiger partial charge is 0.272 e. The largest absolute Gasteiger partial charge is 0.274 e. The molecule has 0 radical (unpaired) electrons. The van der Waals surface area contributed by atoms with E-state index in [1.54, 1.807) is 42.5 Å². The third-order valence-corrected chi connectivity index (χ3v) is 6.78. The van der Waals surface area contributed by atoms with Gasteiger partial charge in [0.25, 0.3) is 17.7 Å². The molecule has 8 heteroatoms. The fourth-order valence-corrected chi connectivity index (χ4v) is 4.74. The molecule has 1 saturated carbocycles. The summed E-state index contributed by atoms with van der Waals surface area (Å²) in [5.41, 5.74) is 0.856. The van der Waals surface area contributed by atoms with E-state index < -0.39 is 5.91 Å². The minimum Gasteiger partial charge on any atom is -0.272 e. The van der Waals surface area contributed by atoms with Crippen molar-refractivity contribution in [2.24, 2.45) is 11.8 Å². The van der Waals surface area contributed by atoms with Crippen molar-refractivity contribution in [3.63, 3.8) is 0 Å². The molecule has 1 aliphatic heterocycles. The standard InChI is InChI=1S/C22H19Cl3N2O3/c23-17-8-4-3-7-16(17)20(28)26(12-13-9-10-18(24)19(25)11-13)27-21(29)14-5-1-2-6-15(14)22(27)30/h3-4,7-11,14-15H,1-2,5-6,12H2/t14-,15+. The molecule has 5 nitrogen and oxygen atoms in total. The molecular formula is C22H19Cl3N2O3. The van der Waals surface area contributed by atoms with E-state index in [1.807, 2.05) is 0 Å². The van der Waals surface area contributed by atoms with Crippen molar-refractivity contribution < 1.29 is 14.4 Å². The van der Waals surface area contributed by atoms with Crippen molar-refractivity contribution in [3.05, 3.63) is 68.7 Å². The van der Waals surface area contributed by atoms with Crippen LogP contribution in [0.2, 0.25) is 15.1 Å². The average molecular weight is 466 g/mol. The summed E-state index contributed by atoms with van der Waals surface area (Å²) in [6, 6.07) is 11.5. The summed E-state index contributed by atoms with van der Waals surface area (Å²) in [7, 11) is 0. The Morgan fingerprint density at radius 1 is 0.900 bits per heavy atom. The van der Waals surface area contributed by atoms with Gasteiger partial charge in [-0.25, -0.2) is 5.01 Å². The van der Waals surface area contributed by atoms with Gasteiger partial charge < -0.3 is 0 Å². The first-order valence-electron chi connectivity index (χ1n) is 9.76. The summed E-state index contributed by atoms with van der Waals surface area (Å²) in [4.78, 5) is 39.8. The van der Waals surface area contributed by atoms with Crippen LogP contribution in [-0.4, -0.2) is 27.7 Å². The lowest BCUT2D eigenvalue weighted by molar-refractivity contribution is -0.155. The Morgan fingerprint density at radius 3 is 2.13 bits per heavy atom. The number of fused-ring (bicyclic) bond motifs is 1. The highest BCUT2D eigenvalue weighted by Gasteiger charge is 2.51. The predicted octanol–water partition coefficient (Wildman–Crippen LogP) is 5.38. The molecule has 0 bridgehead atoms. The Morgan fingerprint density at radius 2 is 1.53 bits per heavy atom. The number of rotatable bonds is 4. The lowest BCUT2D eigenvalue weighted by atomic mass is 9.81. The van der Waals surface area contributed by atoms with Crippen LogP contribution in [0.1, 0.15) is 41.6 Å². The molecule has 3 amide bonds. The van der Waals surface area contributed by atoms with Gasteiger partial charge in [-0.15, -0.1) is 0 Å². The summed E-state index contributed by atoms with van der Waals surface area (Å²) < 4.78 is 0. The van der Waals surface area contributed by atoms with Gasteiger partial charge in [-0.05, 0) is 42.7 Å². The number of amides is 3. The quantitative estimate of drug-likeness (QED) is 0.570. The van der Waals surface area contributed by atoms with Crippen LogP contribution in [0.5, 0.6) is 0 Å². The Bertz CT molecular complexity index is 1000. The zero-order chi connectivity index (χ0) is 21.4. The minimum atomic E-state index is -0.521. The van der Waals surface area contributed by atoms with Crippen LogP contribution in [-0.2, 0) is 16.1 Å². The van der Waals surface area contributed by atoms with Crippen molar-refractivity contribution in [3.8, 4) is 0 Å². The zero-order valence-corrected chi connectivity index (χ0v) is 18.3. The van der Waals surface area contributed by atoms with E-state index in [0.717, 1.165) is 17.9 Å². The normalized spacial score (nSPS) is 21.0. The van der Waals surface area contributed by atoms with Crippen LogP contribution in [0, 0.1) is 11.8 Å². The number of hydrogen-bond acceptors (Lipinski definition) is 3. The van der Waals surface area contributed by atoms with Gasteiger partial charge in [-0.1, -0.05) is 65.8 Å². The van der Waals surface area contributed by atoms with E-state index in [1.165, 1.54) is 5.01 Å². The fraction of sp³-hybridized carbons (Fsp3) is 0.318. The van der Waals surface area contributed by atoms with Crippen LogP contribution in [0.3, 0.4) is 0 Å². The lowest BCUT2D eigenvalue weighted by Crippen LogP contribution is -2.49. The molecule has 2 aromatic rings. The van der Waals surface area contributed by atoms with Gasteiger partial charge in [0.2, 0.25) is 0 Å². The Balaban J connectivity index is 1.74. The van der Waals surface area contributed by atoms with Crippen molar-refractivity contribution in [2.45, 2.75) is 32.2 Å². The number of carbonyl (C=O) groups is 3. The number of hydrazine groups is 1. The van der Waals surface area contributed by atoms with Crippen LogP contribution >= 0.6 is 34.8 Å². The van der Waals surface area contributed by atoms with Gasteiger partial charge in [-0.3, -0.25) is 14.4 Å². The van der Waals surface area contributed by atoms with Crippen LogP contribution in [0.4, 0.5) is 0 Å². The molecule has 2 atom stereocenters. The minimum absolute atomic E-state index is 0.0160. The van der Waals surface area contributed by atoms with E-state index >= 15 is 0 Å². The van der Waals surface area contributed by atoms with Gasteiger partial charge in [0.05, 0.1) is 39.0 Å². The number of carbonyl (C=O) groups excluding carboxylic acids is 3. The van der Waals surface area contributed by atoms with Crippen LogP contribution in [0.25, 0.3) is 0 Å². The maximum absolute atomic E-state index is 13.4. The molecule has 1 aliphatic carbocycles. The van der Waals surface area contributed by atoms with Crippen LogP contribution in [0.15, 0.2) is 42.5 Å². The first kappa shape index (κ1) is 21.2. The number of nitrogens with zero attached hydrogens (tertiary/aromatic N) is 2. The number of hydrogen-bond donors (Lipinski definition) is 0. The fourth-order valence-electron chi connectivity index (χ4n) is 4.20. The first-order chi connectivity index (χ1) is 14.4. The van der Waals surface area contributed by atoms with E-state index in [4.69, 9.17) is 34.8 Å². The molecule has 30 heavy (non-hydrogen) atoms. The number of benzene rings is 2. The summed E-state index contributed by atoms with van der Waals surface area (Å²) in [6.45, 7) is -0.0160. The molecule has 0 unspecified atom stereocenters. The first-order valence-corrected chi connectivity index (χ1v) is 10.9. The summed E-state index contributed by atoms with van der Waals surface area (Å²) in [5.74, 6) is -1.93. The molecule has 0 aromatic heterocycles. The second-order valence-corrected chi connectivity index (χ2v) is 8.80. The molecule has 1 saturated heterocycles. The van der Waals surface area contributed by atoms with Crippen molar-refractivity contribution in [1.29, 1.82) is 0 Å². The van der Waals surface area contributed by atoms with E-state index in [-0.39, 0.29) is 40.8 Å². The van der Waals surface area contributed by atoms with E-state index in [0.29, 0.717) is 28.5 Å². The third-order valence-electron chi connectivity index (χ3n) is 5.71. The van der Waals surface area contributed by atoms with Gasteiger partial charge in [0.1, 0.15) is 0 Å². The molecular weight excluding hydrogens is 447 g/mol. The topological polar surface area (TPSA) is 57.7 Å². The lowest BCUT2D eigenvalue weighted by Gasteiger charge is -2.31. The Labute approximate surface area is 189 Å². The van der Waals surface area contributed by atoms with E-state index in [2.05, 4.69) is 0 Å². The van der Waals surface area contributed by atoms with Crippen molar-refractivity contribution in [2.75, 3.05) is 0 Å². The molecule has 156 valence electrons. The molecule has 2 aliphatic rings. The highest BCUT2D eigenvalue weighted by molar-refractivity contribution is 6.42. The second-order valence-electron chi connectivity index (χ2n) is 7.58. The van der Waals surface area contributed by atoms with Crippen LogP contribution < -0.4 is 0 Å². The summed E-state index contributed by atoms with van der Waals surface area (Å²) in [6.07, 6.45) is 3.12. The monoisotopic (exact) mass is 464 g/mol. The molecule has 0 spiro atoms. The number of imide groups is 1.